The summed E-state index contributed by atoms with van der Waals surface area (Å²) in [7, 11) is 0. The van der Waals surface area contributed by atoms with Crippen molar-refractivity contribution in [3.63, 3.8) is 0 Å². The number of aromatic nitrogens is 2. The Balaban J connectivity index is 0.000000188. The molecule has 4 aromatic heterocycles. The number of rotatable bonds is 9. The third-order valence-corrected chi connectivity index (χ3v) is 11.4. The van der Waals surface area contributed by atoms with Gasteiger partial charge in [-0.2, -0.15) is 0 Å². The van der Waals surface area contributed by atoms with E-state index in [2.05, 4.69) is 59.6 Å². The Hall–Kier alpha value is -5.17. The molecule has 2 N–H and O–H groups in total. The molecule has 4 heterocycles. The molecule has 1 radical (unpaired) electrons. The van der Waals surface area contributed by atoms with Crippen LogP contribution >= 0.6 is 22.7 Å². The SMILES string of the molecule is C/C(O)=C/C(C)O.CCN(CC)c1ccc2cc(-c3nc4ccccc4s3)c(=O)oc2c1.CCN(CC)c1ccc2cc(-c3nc4ccccc4s3)c(=O)oc2c1.[Ir]. The van der Waals surface area contributed by atoms with E-state index in [4.69, 9.17) is 19.0 Å². The number of aliphatic hydroxyl groups is 2. The molecule has 0 bridgehead atoms. The second-order valence-electron chi connectivity index (χ2n) is 13.2. The van der Waals surface area contributed by atoms with E-state index in [-0.39, 0.29) is 37.1 Å². The Morgan fingerprint density at radius 3 is 1.40 bits per heavy atom. The molecule has 0 fully saturated rings. The second-order valence-corrected chi connectivity index (χ2v) is 15.3. The molecular weight excluding hydrogens is 949 g/mol. The summed E-state index contributed by atoms with van der Waals surface area (Å²) < 4.78 is 13.3. The molecule has 8 aromatic rings. The van der Waals surface area contributed by atoms with E-state index in [0.29, 0.717) is 32.3 Å². The molecule has 0 saturated heterocycles. The van der Waals surface area contributed by atoms with E-state index in [0.717, 1.165) is 68.8 Å². The van der Waals surface area contributed by atoms with Crippen molar-refractivity contribution < 1.29 is 39.2 Å². The van der Waals surface area contributed by atoms with Gasteiger partial charge in [0.25, 0.3) is 0 Å². The molecule has 1 unspecified atom stereocenters. The van der Waals surface area contributed by atoms with E-state index >= 15 is 0 Å². The summed E-state index contributed by atoms with van der Waals surface area (Å²) in [4.78, 5) is 38.6. The smallest absolute Gasteiger partial charge is 0.346 e. The molecular formula is C45H46IrN4O6S2. The predicted octanol–water partition coefficient (Wildman–Crippen LogP) is 10.7. The van der Waals surface area contributed by atoms with Gasteiger partial charge < -0.3 is 28.8 Å². The van der Waals surface area contributed by atoms with Crippen LogP contribution in [0.5, 0.6) is 0 Å². The molecule has 13 heteroatoms. The zero-order chi connectivity index (χ0) is 40.6. The second kappa shape index (κ2) is 20.0. The van der Waals surface area contributed by atoms with Crippen LogP contribution in [0.4, 0.5) is 11.4 Å². The minimum absolute atomic E-state index is 0. The number of fused-ring (bicyclic) bond motifs is 4. The monoisotopic (exact) mass is 995 g/mol. The minimum atomic E-state index is -0.537. The van der Waals surface area contributed by atoms with Gasteiger partial charge >= 0.3 is 11.3 Å². The number of hydrogen-bond acceptors (Lipinski definition) is 12. The first-order valence-electron chi connectivity index (χ1n) is 18.9. The van der Waals surface area contributed by atoms with Gasteiger partial charge in [-0.3, -0.25) is 0 Å². The van der Waals surface area contributed by atoms with Gasteiger partial charge in [0.2, 0.25) is 0 Å². The maximum absolute atomic E-state index is 12.5. The summed E-state index contributed by atoms with van der Waals surface area (Å²) in [6.07, 6.45) is 0.824. The predicted molar refractivity (Wildman–Crippen MR) is 237 cm³/mol. The summed E-state index contributed by atoms with van der Waals surface area (Å²) in [5.74, 6) is 0.162. The van der Waals surface area contributed by atoms with Crippen molar-refractivity contribution in [2.75, 3.05) is 36.0 Å². The molecule has 8 rings (SSSR count). The minimum Gasteiger partial charge on any atom is -0.513 e. The summed E-state index contributed by atoms with van der Waals surface area (Å²) in [6.45, 7) is 15.2. The molecule has 58 heavy (non-hydrogen) atoms. The first kappa shape index (κ1) is 43.9. The largest absolute Gasteiger partial charge is 0.513 e. The molecule has 10 nitrogen and oxygen atoms in total. The first-order valence-corrected chi connectivity index (χ1v) is 20.6. The fourth-order valence-electron chi connectivity index (χ4n) is 6.39. The zero-order valence-corrected chi connectivity index (χ0v) is 37.2. The van der Waals surface area contributed by atoms with E-state index in [9.17, 15) is 9.59 Å². The van der Waals surface area contributed by atoms with Crippen LogP contribution in [0.1, 0.15) is 41.5 Å². The number of anilines is 2. The van der Waals surface area contributed by atoms with Crippen LogP contribution in [-0.4, -0.2) is 52.5 Å². The molecule has 0 spiro atoms. The van der Waals surface area contributed by atoms with E-state index in [1.165, 1.54) is 35.7 Å². The molecule has 0 aliphatic heterocycles. The van der Waals surface area contributed by atoms with Gasteiger partial charge in [-0.1, -0.05) is 24.3 Å². The van der Waals surface area contributed by atoms with Crippen LogP contribution in [0.3, 0.4) is 0 Å². The Morgan fingerprint density at radius 2 is 1.07 bits per heavy atom. The Bertz CT molecular complexity index is 2530. The number of para-hydroxylation sites is 2. The van der Waals surface area contributed by atoms with Gasteiger partial charge in [0, 0.05) is 80.6 Å². The van der Waals surface area contributed by atoms with Gasteiger partial charge in [0.1, 0.15) is 21.2 Å². The third kappa shape index (κ3) is 10.3. The van der Waals surface area contributed by atoms with Crippen LogP contribution in [-0.2, 0) is 20.1 Å². The van der Waals surface area contributed by atoms with Gasteiger partial charge in [0.15, 0.2) is 0 Å². The average Bonchev–Trinajstić information content (AvgIpc) is 3.83. The quantitative estimate of drug-likeness (QED) is 0.106. The van der Waals surface area contributed by atoms with Crippen molar-refractivity contribution in [1.82, 2.24) is 9.97 Å². The van der Waals surface area contributed by atoms with Gasteiger partial charge in [0.05, 0.1) is 43.4 Å². The maximum atomic E-state index is 12.5. The molecule has 0 saturated carbocycles. The Morgan fingerprint density at radius 1 is 0.672 bits per heavy atom. The molecule has 0 aliphatic rings. The Kier molecular flexibility index (Phi) is 15.2. The number of thiazole rings is 2. The van der Waals surface area contributed by atoms with Crippen molar-refractivity contribution >= 4 is 76.4 Å². The first-order chi connectivity index (χ1) is 27.5. The van der Waals surface area contributed by atoms with Crippen molar-refractivity contribution in [2.24, 2.45) is 0 Å². The average molecular weight is 995 g/mol. The number of nitrogens with zero attached hydrogens (tertiary/aromatic N) is 4. The fourth-order valence-corrected chi connectivity index (χ4v) is 8.33. The normalized spacial score (nSPS) is 11.7. The van der Waals surface area contributed by atoms with Crippen molar-refractivity contribution in [2.45, 2.75) is 47.6 Å². The summed E-state index contributed by atoms with van der Waals surface area (Å²) in [5.41, 5.74) is 5.50. The molecule has 4 aromatic carbocycles. The molecule has 303 valence electrons. The standard InChI is InChI=1S/2C20H18N2O2S.C5H10O2.Ir/c2*1-3-22(4-2)14-10-9-13-11-15(20(23)24-17(13)12-14)19-21-16-7-5-6-8-18(16)25-19;1-4(6)3-5(2)7;/h2*5-12H,3-4H2,1-2H3;3-4,6-7H,1-2H3;/b;;5-3-;. The summed E-state index contributed by atoms with van der Waals surface area (Å²) in [6, 6.07) is 31.5. The van der Waals surface area contributed by atoms with Crippen molar-refractivity contribution in [3.05, 3.63) is 130 Å². The van der Waals surface area contributed by atoms with Crippen LogP contribution in [0, 0.1) is 0 Å². The number of allylic oxidation sites excluding steroid dienone is 1. The number of aliphatic hydroxyl groups excluding tert-OH is 2. The van der Waals surface area contributed by atoms with Gasteiger partial charge in [-0.05, 0) is 108 Å². The third-order valence-electron chi connectivity index (χ3n) is 9.23. The van der Waals surface area contributed by atoms with E-state index in [1.807, 2.05) is 84.9 Å². The van der Waals surface area contributed by atoms with Crippen LogP contribution in [0.25, 0.3) is 63.5 Å². The van der Waals surface area contributed by atoms with Crippen LogP contribution in [0.15, 0.2) is 127 Å². The van der Waals surface area contributed by atoms with E-state index in [1.54, 1.807) is 6.92 Å². The summed E-state index contributed by atoms with van der Waals surface area (Å²) >= 11 is 3.02. The van der Waals surface area contributed by atoms with Crippen molar-refractivity contribution in [3.8, 4) is 21.1 Å². The zero-order valence-electron chi connectivity index (χ0n) is 33.2. The van der Waals surface area contributed by atoms with Gasteiger partial charge in [-0.25, -0.2) is 19.6 Å². The molecule has 0 amide bonds. The Labute approximate surface area is 358 Å². The topological polar surface area (TPSA) is 133 Å². The number of benzene rings is 4. The summed E-state index contributed by atoms with van der Waals surface area (Å²) in [5, 5.41) is 20.1. The maximum Gasteiger partial charge on any atom is 0.346 e. The molecule has 1 atom stereocenters. The van der Waals surface area contributed by atoms with Crippen LogP contribution in [0.2, 0.25) is 0 Å². The van der Waals surface area contributed by atoms with Crippen LogP contribution < -0.4 is 21.1 Å². The number of hydrogen-bond donors (Lipinski definition) is 2. The van der Waals surface area contributed by atoms with Crippen molar-refractivity contribution in [1.29, 1.82) is 0 Å². The molecule has 0 aliphatic carbocycles. The van der Waals surface area contributed by atoms with E-state index < -0.39 is 6.10 Å². The fraction of sp³-hybridized carbons (Fsp3) is 0.244. The van der Waals surface area contributed by atoms with Gasteiger partial charge in [-0.15, -0.1) is 22.7 Å².